The smallest absolute Gasteiger partial charge is 0.245 e. The molecular formula is C26H31N5O3. The number of nitrogens with one attached hydrogen (secondary N) is 2. The number of hydroxylamine groups is 1. The molecule has 0 heterocycles. The highest BCUT2D eigenvalue weighted by Crippen LogP contribution is 2.18. The monoisotopic (exact) mass is 461 g/mol. The molecule has 0 bridgehead atoms. The van der Waals surface area contributed by atoms with Crippen molar-refractivity contribution in [3.63, 3.8) is 0 Å². The Morgan fingerprint density at radius 1 is 1.00 bits per heavy atom. The highest BCUT2D eigenvalue weighted by molar-refractivity contribution is 5.83. The summed E-state index contributed by atoms with van der Waals surface area (Å²) in [5.41, 5.74) is 11.1. The summed E-state index contributed by atoms with van der Waals surface area (Å²) in [6.07, 6.45) is 2.17. The minimum absolute atomic E-state index is 0.0383. The van der Waals surface area contributed by atoms with Crippen molar-refractivity contribution < 1.29 is 14.8 Å². The van der Waals surface area contributed by atoms with Gasteiger partial charge in [-0.1, -0.05) is 72.3 Å². The molecule has 1 unspecified atom stereocenters. The number of nitrogens with zero attached hydrogens (tertiary/aromatic N) is 1. The molecule has 3 rings (SSSR count). The van der Waals surface area contributed by atoms with Gasteiger partial charge in [-0.3, -0.25) is 14.8 Å². The second kappa shape index (κ2) is 11.8. The lowest BCUT2D eigenvalue weighted by Crippen LogP contribution is -2.42. The van der Waals surface area contributed by atoms with E-state index in [0.717, 1.165) is 27.5 Å². The second-order valence-corrected chi connectivity index (χ2v) is 8.37. The molecule has 8 nitrogen and oxygen atoms in total. The maximum absolute atomic E-state index is 12.2. The minimum Gasteiger partial charge on any atom is -0.399 e. The van der Waals surface area contributed by atoms with Crippen molar-refractivity contribution in [2.45, 2.75) is 32.2 Å². The maximum atomic E-state index is 12.2. The number of benzene rings is 3. The summed E-state index contributed by atoms with van der Waals surface area (Å²) in [6.45, 7) is 2.11. The number of carbonyl (C=O) groups is 2. The molecule has 0 aliphatic carbocycles. The van der Waals surface area contributed by atoms with E-state index >= 15 is 0 Å². The van der Waals surface area contributed by atoms with Crippen LogP contribution in [0.15, 0.2) is 78.6 Å². The third-order valence-corrected chi connectivity index (χ3v) is 5.54. The van der Waals surface area contributed by atoms with E-state index in [0.29, 0.717) is 12.1 Å². The van der Waals surface area contributed by atoms with E-state index in [1.807, 2.05) is 73.7 Å². The Kier molecular flexibility index (Phi) is 8.61. The predicted molar refractivity (Wildman–Crippen MR) is 132 cm³/mol. The first-order valence-corrected chi connectivity index (χ1v) is 11.1. The fraction of sp³-hybridized carbons (Fsp3) is 0.231. The lowest BCUT2D eigenvalue weighted by molar-refractivity contribution is -0.130. The van der Waals surface area contributed by atoms with Gasteiger partial charge in [0, 0.05) is 11.9 Å². The van der Waals surface area contributed by atoms with E-state index in [1.165, 1.54) is 11.2 Å². The standard InChI is InChI=1S/C26H31N5O3/c1-18-6-8-19(9-7-18)14-25(32)29-16-23(27)17-31(28)24(15-26(33)30-34)13-20-10-11-21-4-2-3-5-22(21)12-20/h2-12,17,24,34H,13-16,27-28H2,1H3,(H,29,32)(H,30,33)/b23-17-. The van der Waals surface area contributed by atoms with Crippen LogP contribution in [-0.2, 0) is 22.4 Å². The first kappa shape index (κ1) is 24.8. The first-order chi connectivity index (χ1) is 16.3. The number of amides is 2. The summed E-state index contributed by atoms with van der Waals surface area (Å²) in [4.78, 5) is 24.1. The van der Waals surface area contributed by atoms with Crippen LogP contribution in [0.2, 0.25) is 0 Å². The van der Waals surface area contributed by atoms with E-state index in [-0.39, 0.29) is 25.3 Å². The van der Waals surface area contributed by atoms with Gasteiger partial charge in [-0.2, -0.15) is 0 Å². The zero-order chi connectivity index (χ0) is 24.5. The summed E-state index contributed by atoms with van der Waals surface area (Å²) >= 11 is 0. The third-order valence-electron chi connectivity index (χ3n) is 5.54. The van der Waals surface area contributed by atoms with Gasteiger partial charge in [0.1, 0.15) is 0 Å². The Balaban J connectivity index is 1.63. The Hall–Kier alpha value is -3.88. The third kappa shape index (κ3) is 7.33. The average Bonchev–Trinajstić information content (AvgIpc) is 2.83. The number of rotatable bonds is 10. The Morgan fingerprint density at radius 2 is 1.68 bits per heavy atom. The van der Waals surface area contributed by atoms with E-state index in [4.69, 9.17) is 16.8 Å². The molecule has 0 saturated carbocycles. The zero-order valence-electron chi connectivity index (χ0n) is 19.2. The SMILES string of the molecule is Cc1ccc(CC(=O)NC/C(N)=C/N(N)C(CC(=O)NO)Cc2ccc3ccccc3c2)cc1. The minimum atomic E-state index is -0.556. The molecule has 178 valence electrons. The van der Waals surface area contributed by atoms with Crippen molar-refractivity contribution in [1.29, 1.82) is 0 Å². The molecule has 1 atom stereocenters. The molecule has 0 spiro atoms. The number of hydrogen-bond donors (Lipinski definition) is 5. The van der Waals surface area contributed by atoms with Gasteiger partial charge < -0.3 is 16.1 Å². The largest absolute Gasteiger partial charge is 0.399 e. The summed E-state index contributed by atoms with van der Waals surface area (Å²) in [5.74, 6) is 5.52. The van der Waals surface area contributed by atoms with Crippen molar-refractivity contribution in [3.8, 4) is 0 Å². The van der Waals surface area contributed by atoms with Gasteiger partial charge in [0.15, 0.2) is 0 Å². The molecular weight excluding hydrogens is 430 g/mol. The van der Waals surface area contributed by atoms with E-state index < -0.39 is 11.9 Å². The highest BCUT2D eigenvalue weighted by Gasteiger charge is 2.19. The fourth-order valence-electron chi connectivity index (χ4n) is 3.68. The lowest BCUT2D eigenvalue weighted by Gasteiger charge is -2.26. The number of carbonyl (C=O) groups excluding carboxylic acids is 2. The highest BCUT2D eigenvalue weighted by atomic mass is 16.5. The summed E-state index contributed by atoms with van der Waals surface area (Å²) in [6, 6.07) is 21.3. The van der Waals surface area contributed by atoms with Crippen LogP contribution >= 0.6 is 0 Å². The maximum Gasteiger partial charge on any atom is 0.245 e. The van der Waals surface area contributed by atoms with Crippen LogP contribution < -0.4 is 22.4 Å². The van der Waals surface area contributed by atoms with E-state index in [1.54, 1.807) is 5.48 Å². The molecule has 0 fully saturated rings. The first-order valence-electron chi connectivity index (χ1n) is 11.1. The number of fused-ring (bicyclic) bond motifs is 1. The van der Waals surface area contributed by atoms with Crippen LogP contribution in [0.25, 0.3) is 10.8 Å². The fourth-order valence-corrected chi connectivity index (χ4v) is 3.68. The number of aryl methyl sites for hydroxylation is 1. The van der Waals surface area contributed by atoms with Crippen molar-refractivity contribution in [1.82, 2.24) is 15.8 Å². The molecule has 3 aromatic rings. The number of hydrogen-bond acceptors (Lipinski definition) is 6. The van der Waals surface area contributed by atoms with Gasteiger partial charge >= 0.3 is 0 Å². The molecule has 0 radical (unpaired) electrons. The Bertz CT molecular complexity index is 1160. The molecule has 8 heteroatoms. The quantitative estimate of drug-likeness (QED) is 0.179. The van der Waals surface area contributed by atoms with Gasteiger partial charge in [-0.05, 0) is 35.2 Å². The molecule has 34 heavy (non-hydrogen) atoms. The van der Waals surface area contributed by atoms with Gasteiger partial charge in [0.05, 0.1) is 25.4 Å². The van der Waals surface area contributed by atoms with Gasteiger partial charge in [-0.25, -0.2) is 11.3 Å². The molecule has 0 aliphatic rings. The normalized spacial score (nSPS) is 12.3. The van der Waals surface area contributed by atoms with Crippen molar-refractivity contribution in [2.75, 3.05) is 6.54 Å². The van der Waals surface area contributed by atoms with Crippen LogP contribution in [-0.4, -0.2) is 34.6 Å². The Morgan fingerprint density at radius 3 is 2.38 bits per heavy atom. The topological polar surface area (TPSA) is 134 Å². The summed E-state index contributed by atoms with van der Waals surface area (Å²) in [5, 5.41) is 15.3. The molecule has 3 aromatic carbocycles. The molecule has 0 aromatic heterocycles. The van der Waals surface area contributed by atoms with Crippen LogP contribution in [0.1, 0.15) is 23.1 Å². The van der Waals surface area contributed by atoms with Crippen LogP contribution in [0.4, 0.5) is 0 Å². The second-order valence-electron chi connectivity index (χ2n) is 8.37. The molecule has 2 amide bonds. The van der Waals surface area contributed by atoms with Gasteiger partial charge in [0.2, 0.25) is 11.8 Å². The average molecular weight is 462 g/mol. The number of nitrogens with two attached hydrogens (primary N) is 2. The molecule has 0 aliphatic heterocycles. The summed E-state index contributed by atoms with van der Waals surface area (Å²) < 4.78 is 0. The van der Waals surface area contributed by atoms with Crippen molar-refractivity contribution >= 4 is 22.6 Å². The summed E-state index contributed by atoms with van der Waals surface area (Å²) in [7, 11) is 0. The van der Waals surface area contributed by atoms with Gasteiger partial charge in [0.25, 0.3) is 0 Å². The lowest BCUT2D eigenvalue weighted by atomic mass is 9.99. The predicted octanol–water partition coefficient (Wildman–Crippen LogP) is 2.29. The van der Waals surface area contributed by atoms with Crippen LogP contribution in [0, 0.1) is 6.92 Å². The van der Waals surface area contributed by atoms with E-state index in [2.05, 4.69) is 5.32 Å². The van der Waals surface area contributed by atoms with E-state index in [9.17, 15) is 9.59 Å². The number of hydrazine groups is 1. The molecule has 0 saturated heterocycles. The Labute approximate surface area is 199 Å². The van der Waals surface area contributed by atoms with Crippen molar-refractivity contribution in [2.24, 2.45) is 11.6 Å². The molecule has 7 N–H and O–H groups in total. The van der Waals surface area contributed by atoms with Gasteiger partial charge in [-0.15, -0.1) is 0 Å². The zero-order valence-corrected chi connectivity index (χ0v) is 19.2. The van der Waals surface area contributed by atoms with Crippen LogP contribution in [0.3, 0.4) is 0 Å². The van der Waals surface area contributed by atoms with Crippen LogP contribution in [0.5, 0.6) is 0 Å². The van der Waals surface area contributed by atoms with Crippen molar-refractivity contribution in [3.05, 3.63) is 95.3 Å².